The number of nitrogens with zero attached hydrogens (tertiary/aromatic N) is 6. The van der Waals surface area contributed by atoms with Gasteiger partial charge in [-0.15, -0.1) is 0 Å². The lowest BCUT2D eigenvalue weighted by Gasteiger charge is -2.18. The zero-order valence-electron chi connectivity index (χ0n) is 14.3. The number of aliphatic hydroxyl groups excluding tert-OH is 1. The highest BCUT2D eigenvalue weighted by atomic mass is 16.3. The van der Waals surface area contributed by atoms with E-state index in [2.05, 4.69) is 25.5 Å². The van der Waals surface area contributed by atoms with Crippen molar-refractivity contribution in [3.8, 4) is 0 Å². The molecule has 2 atom stereocenters. The number of fused-ring (bicyclic) bond motifs is 1. The molecule has 5 rings (SSSR count). The van der Waals surface area contributed by atoms with Gasteiger partial charge in [-0.25, -0.2) is 14.5 Å². The first-order chi connectivity index (χ1) is 12.2. The van der Waals surface area contributed by atoms with Gasteiger partial charge >= 0.3 is 0 Å². The standard InChI is InChI=1S/C18H22N6O/c1-22-11-19-7-17(22)14-9-23(8-13(14)10-25)18-16-6-15(12-2-3-12)21-24(16)5-4-20-18/h4-7,11-14,25H,2-3,8-10H2,1H3/t13-,14+/m0/s1. The van der Waals surface area contributed by atoms with E-state index in [-0.39, 0.29) is 18.4 Å². The second kappa shape index (κ2) is 5.56. The van der Waals surface area contributed by atoms with Gasteiger partial charge in [0.25, 0.3) is 0 Å². The third-order valence-corrected chi connectivity index (χ3v) is 5.59. The molecule has 1 saturated carbocycles. The van der Waals surface area contributed by atoms with Crippen molar-refractivity contribution >= 4 is 11.3 Å². The third-order valence-electron chi connectivity index (χ3n) is 5.59. The molecule has 1 saturated heterocycles. The molecule has 0 unspecified atom stereocenters. The summed E-state index contributed by atoms with van der Waals surface area (Å²) in [6, 6.07) is 2.19. The zero-order chi connectivity index (χ0) is 17.0. The molecule has 25 heavy (non-hydrogen) atoms. The van der Waals surface area contributed by atoms with Crippen molar-refractivity contribution in [1.82, 2.24) is 24.1 Å². The lowest BCUT2D eigenvalue weighted by Crippen LogP contribution is -2.22. The number of imidazole rings is 1. The second-order valence-corrected chi connectivity index (χ2v) is 7.31. The molecule has 0 amide bonds. The van der Waals surface area contributed by atoms with Gasteiger partial charge in [0.1, 0.15) is 5.52 Å². The van der Waals surface area contributed by atoms with E-state index in [0.717, 1.165) is 24.4 Å². The SMILES string of the molecule is Cn1cncc1[C@@H]1CN(c2nccn3nc(C4CC4)cc23)C[C@H]1CO. The van der Waals surface area contributed by atoms with Gasteiger partial charge in [0, 0.05) is 68.8 Å². The fourth-order valence-corrected chi connectivity index (χ4v) is 4.04. The van der Waals surface area contributed by atoms with E-state index in [1.54, 1.807) is 0 Å². The number of hydrogen-bond donors (Lipinski definition) is 1. The molecule has 1 N–H and O–H groups in total. The highest BCUT2D eigenvalue weighted by molar-refractivity contribution is 5.70. The summed E-state index contributed by atoms with van der Waals surface area (Å²) in [4.78, 5) is 11.2. The second-order valence-electron chi connectivity index (χ2n) is 7.31. The molecular formula is C18H22N6O. The van der Waals surface area contributed by atoms with Crippen LogP contribution < -0.4 is 4.90 Å². The molecule has 3 aromatic heterocycles. The maximum absolute atomic E-state index is 9.89. The Balaban J connectivity index is 1.51. The first kappa shape index (κ1) is 14.9. The number of aryl methyl sites for hydroxylation is 1. The average molecular weight is 338 g/mol. The topological polar surface area (TPSA) is 71.5 Å². The number of rotatable bonds is 4. The Morgan fingerprint density at radius 3 is 2.88 bits per heavy atom. The summed E-state index contributed by atoms with van der Waals surface area (Å²) in [5.74, 6) is 2.03. The van der Waals surface area contributed by atoms with E-state index in [1.807, 2.05) is 36.5 Å². The summed E-state index contributed by atoms with van der Waals surface area (Å²) in [6.07, 6.45) is 9.95. The number of anilines is 1. The molecule has 7 nitrogen and oxygen atoms in total. The van der Waals surface area contributed by atoms with E-state index in [1.165, 1.54) is 24.2 Å². The van der Waals surface area contributed by atoms with Crippen LogP contribution in [0.15, 0.2) is 31.0 Å². The van der Waals surface area contributed by atoms with E-state index < -0.39 is 0 Å². The molecule has 130 valence electrons. The molecule has 2 fully saturated rings. The first-order valence-electron chi connectivity index (χ1n) is 8.91. The van der Waals surface area contributed by atoms with Crippen molar-refractivity contribution in [2.24, 2.45) is 13.0 Å². The van der Waals surface area contributed by atoms with E-state index in [4.69, 9.17) is 5.10 Å². The summed E-state index contributed by atoms with van der Waals surface area (Å²) in [5, 5.41) is 14.6. The van der Waals surface area contributed by atoms with E-state index in [0.29, 0.717) is 5.92 Å². The molecule has 7 heteroatoms. The van der Waals surface area contributed by atoms with Crippen LogP contribution in [-0.4, -0.2) is 49.0 Å². The van der Waals surface area contributed by atoms with Gasteiger partial charge in [-0.1, -0.05) is 0 Å². The molecule has 4 heterocycles. The van der Waals surface area contributed by atoms with Gasteiger partial charge in [0.15, 0.2) is 5.82 Å². The van der Waals surface area contributed by atoms with Gasteiger partial charge < -0.3 is 14.6 Å². The van der Waals surface area contributed by atoms with Crippen LogP contribution in [0.4, 0.5) is 5.82 Å². The average Bonchev–Trinajstić information content (AvgIpc) is 3.05. The van der Waals surface area contributed by atoms with Crippen LogP contribution in [0.25, 0.3) is 5.52 Å². The van der Waals surface area contributed by atoms with Crippen LogP contribution in [0.3, 0.4) is 0 Å². The minimum atomic E-state index is 0.169. The van der Waals surface area contributed by atoms with Gasteiger partial charge in [-0.2, -0.15) is 5.10 Å². The highest BCUT2D eigenvalue weighted by Gasteiger charge is 2.36. The van der Waals surface area contributed by atoms with Crippen LogP contribution in [0.2, 0.25) is 0 Å². The van der Waals surface area contributed by atoms with Crippen LogP contribution in [0.1, 0.15) is 36.1 Å². The summed E-state index contributed by atoms with van der Waals surface area (Å²) in [5.41, 5.74) is 3.41. The van der Waals surface area contributed by atoms with Gasteiger partial charge in [0.05, 0.1) is 12.0 Å². The molecule has 1 aliphatic heterocycles. The fourth-order valence-electron chi connectivity index (χ4n) is 4.04. The highest BCUT2D eigenvalue weighted by Crippen LogP contribution is 2.41. The maximum atomic E-state index is 9.89. The van der Waals surface area contributed by atoms with Crippen molar-refractivity contribution in [3.05, 3.63) is 42.4 Å². The van der Waals surface area contributed by atoms with E-state index in [9.17, 15) is 5.11 Å². The van der Waals surface area contributed by atoms with Crippen molar-refractivity contribution in [1.29, 1.82) is 0 Å². The predicted octanol–water partition coefficient (Wildman–Crippen LogP) is 1.55. The molecule has 1 aliphatic carbocycles. The van der Waals surface area contributed by atoms with E-state index >= 15 is 0 Å². The Morgan fingerprint density at radius 1 is 1.28 bits per heavy atom. The Kier molecular flexibility index (Phi) is 3.31. The van der Waals surface area contributed by atoms with Crippen LogP contribution in [-0.2, 0) is 7.05 Å². The van der Waals surface area contributed by atoms with Crippen molar-refractivity contribution < 1.29 is 5.11 Å². The Labute approximate surface area is 145 Å². The Morgan fingerprint density at radius 2 is 2.16 bits per heavy atom. The van der Waals surface area contributed by atoms with Gasteiger partial charge in [-0.05, 0) is 18.9 Å². The predicted molar refractivity (Wildman–Crippen MR) is 93.7 cm³/mol. The summed E-state index contributed by atoms with van der Waals surface area (Å²) >= 11 is 0. The quantitative estimate of drug-likeness (QED) is 0.781. The monoisotopic (exact) mass is 338 g/mol. The lowest BCUT2D eigenvalue weighted by molar-refractivity contribution is 0.225. The molecule has 0 bridgehead atoms. The smallest absolute Gasteiger partial charge is 0.154 e. The van der Waals surface area contributed by atoms with Crippen molar-refractivity contribution in [3.63, 3.8) is 0 Å². The van der Waals surface area contributed by atoms with Gasteiger partial charge in [0.2, 0.25) is 0 Å². The summed E-state index contributed by atoms with van der Waals surface area (Å²) < 4.78 is 4.00. The maximum Gasteiger partial charge on any atom is 0.154 e. The van der Waals surface area contributed by atoms with Gasteiger partial charge in [-0.3, -0.25) is 0 Å². The molecule has 3 aromatic rings. The van der Waals surface area contributed by atoms with Crippen molar-refractivity contribution in [2.45, 2.75) is 24.7 Å². The lowest BCUT2D eigenvalue weighted by atomic mass is 9.94. The summed E-state index contributed by atoms with van der Waals surface area (Å²) in [6.45, 7) is 1.80. The zero-order valence-corrected chi connectivity index (χ0v) is 14.3. The van der Waals surface area contributed by atoms with Crippen molar-refractivity contribution in [2.75, 3.05) is 24.6 Å². The van der Waals surface area contributed by atoms with Crippen LogP contribution in [0.5, 0.6) is 0 Å². The largest absolute Gasteiger partial charge is 0.396 e. The Bertz CT molecular complexity index is 911. The molecule has 0 aromatic carbocycles. The number of aromatic nitrogens is 5. The summed E-state index contributed by atoms with van der Waals surface area (Å²) in [7, 11) is 2.01. The minimum Gasteiger partial charge on any atom is -0.396 e. The molecular weight excluding hydrogens is 316 g/mol. The number of hydrogen-bond acceptors (Lipinski definition) is 5. The molecule has 2 aliphatic rings. The first-order valence-corrected chi connectivity index (χ1v) is 8.91. The minimum absolute atomic E-state index is 0.169. The normalized spacial score (nSPS) is 23.7. The fraction of sp³-hybridized carbons (Fsp3) is 0.500. The van der Waals surface area contributed by atoms with Crippen LogP contribution in [0, 0.1) is 5.92 Å². The molecule has 0 radical (unpaired) electrons. The van der Waals surface area contributed by atoms with Crippen LogP contribution >= 0.6 is 0 Å². The Hall–Kier alpha value is -2.41. The number of aliphatic hydroxyl groups is 1. The molecule has 0 spiro atoms. The third kappa shape index (κ3) is 2.41.